The van der Waals surface area contributed by atoms with Crippen molar-refractivity contribution in [1.29, 1.82) is 0 Å². The van der Waals surface area contributed by atoms with Crippen LogP contribution in [0.2, 0.25) is 0 Å². The standard InChI is InChI=1S/C23H23N7O3/c1-30-12-14(11-24-30)17-10-19(17)23(31)25-15-5-6-16(18(9-15)22-26-28-29-27-22)13-4-7-20(32-2)21(8-13)33-3/h4-9,11-12,17,19H,10H2,1-3H3,(H,25,31)(H,26,27,28,29)/t17-,19+/m0/s1. The van der Waals surface area contributed by atoms with E-state index >= 15 is 0 Å². The Morgan fingerprint density at radius 3 is 2.67 bits per heavy atom. The molecule has 0 spiro atoms. The number of anilines is 1. The van der Waals surface area contributed by atoms with Gasteiger partial charge < -0.3 is 14.8 Å². The van der Waals surface area contributed by atoms with E-state index in [1.807, 2.05) is 55.8 Å². The van der Waals surface area contributed by atoms with Gasteiger partial charge in [-0.2, -0.15) is 10.3 Å². The Labute approximate surface area is 189 Å². The number of methoxy groups -OCH3 is 2. The summed E-state index contributed by atoms with van der Waals surface area (Å²) in [5.74, 6) is 1.81. The molecule has 10 nitrogen and oxygen atoms in total. The van der Waals surface area contributed by atoms with Crippen LogP contribution in [-0.2, 0) is 11.8 Å². The first-order chi connectivity index (χ1) is 16.1. The third-order valence-corrected chi connectivity index (χ3v) is 5.85. The first-order valence-corrected chi connectivity index (χ1v) is 10.5. The van der Waals surface area contributed by atoms with E-state index in [1.54, 1.807) is 18.9 Å². The number of nitrogens with one attached hydrogen (secondary N) is 2. The van der Waals surface area contributed by atoms with Gasteiger partial charge in [-0.25, -0.2) is 0 Å². The highest BCUT2D eigenvalue weighted by atomic mass is 16.5. The molecule has 0 unspecified atom stereocenters. The summed E-state index contributed by atoms with van der Waals surface area (Å²) in [5, 5.41) is 21.7. The lowest BCUT2D eigenvalue weighted by molar-refractivity contribution is -0.117. The second-order valence-corrected chi connectivity index (χ2v) is 7.95. The Morgan fingerprint density at radius 1 is 1.12 bits per heavy atom. The molecule has 33 heavy (non-hydrogen) atoms. The van der Waals surface area contributed by atoms with Gasteiger partial charge in [-0.05, 0) is 58.5 Å². The number of rotatable bonds is 7. The molecule has 2 heterocycles. The predicted octanol–water partition coefficient (Wildman–Crippen LogP) is 3.03. The first kappa shape index (κ1) is 20.7. The summed E-state index contributed by atoms with van der Waals surface area (Å²) in [6.45, 7) is 0. The number of benzene rings is 2. The minimum atomic E-state index is -0.0617. The fourth-order valence-electron chi connectivity index (χ4n) is 4.06. The van der Waals surface area contributed by atoms with Gasteiger partial charge >= 0.3 is 0 Å². The Hall–Kier alpha value is -4.21. The lowest BCUT2D eigenvalue weighted by Crippen LogP contribution is -2.14. The molecule has 1 aliphatic carbocycles. The van der Waals surface area contributed by atoms with Gasteiger partial charge in [0.1, 0.15) is 0 Å². The highest BCUT2D eigenvalue weighted by Gasteiger charge is 2.44. The number of aryl methyl sites for hydroxylation is 1. The molecule has 2 N–H and O–H groups in total. The molecule has 1 saturated carbocycles. The number of nitrogens with zero attached hydrogens (tertiary/aromatic N) is 5. The minimum Gasteiger partial charge on any atom is -0.493 e. The molecule has 10 heteroatoms. The van der Waals surface area contributed by atoms with Crippen LogP contribution in [0.25, 0.3) is 22.5 Å². The number of tetrazole rings is 1. The van der Waals surface area contributed by atoms with Gasteiger partial charge in [0, 0.05) is 30.4 Å². The zero-order valence-electron chi connectivity index (χ0n) is 18.4. The molecule has 2 atom stereocenters. The van der Waals surface area contributed by atoms with Gasteiger partial charge in [0.05, 0.1) is 20.4 Å². The SMILES string of the molecule is COc1ccc(-c2ccc(NC(=O)[C@@H]3C[C@H]3c3cnn(C)c3)cc2-c2nn[nH]n2)cc1OC. The van der Waals surface area contributed by atoms with E-state index in [0.29, 0.717) is 23.0 Å². The average molecular weight is 445 g/mol. The molecule has 1 fully saturated rings. The Morgan fingerprint density at radius 2 is 1.97 bits per heavy atom. The number of ether oxygens (including phenoxy) is 2. The van der Waals surface area contributed by atoms with E-state index in [-0.39, 0.29) is 17.7 Å². The van der Waals surface area contributed by atoms with E-state index in [1.165, 1.54) is 0 Å². The largest absolute Gasteiger partial charge is 0.493 e. The second kappa shape index (κ2) is 8.38. The quantitative estimate of drug-likeness (QED) is 0.449. The minimum absolute atomic E-state index is 0.0122. The highest BCUT2D eigenvalue weighted by Crippen LogP contribution is 2.48. The van der Waals surface area contributed by atoms with Gasteiger partial charge in [-0.15, -0.1) is 10.2 Å². The maximum atomic E-state index is 12.9. The topological polar surface area (TPSA) is 120 Å². The molecular weight excluding hydrogens is 422 g/mol. The van der Waals surface area contributed by atoms with Gasteiger partial charge in [0.2, 0.25) is 11.7 Å². The molecule has 0 saturated heterocycles. The van der Waals surface area contributed by atoms with Crippen LogP contribution in [0, 0.1) is 5.92 Å². The van der Waals surface area contributed by atoms with Crippen molar-refractivity contribution in [1.82, 2.24) is 30.4 Å². The van der Waals surface area contributed by atoms with Crippen molar-refractivity contribution >= 4 is 11.6 Å². The van der Waals surface area contributed by atoms with Crippen LogP contribution in [0.3, 0.4) is 0 Å². The summed E-state index contributed by atoms with van der Waals surface area (Å²) in [6.07, 6.45) is 4.60. The van der Waals surface area contributed by atoms with Crippen molar-refractivity contribution < 1.29 is 14.3 Å². The fraction of sp³-hybridized carbons (Fsp3) is 0.261. The molecule has 0 aliphatic heterocycles. The number of amides is 1. The number of hydrogen-bond donors (Lipinski definition) is 2. The summed E-state index contributed by atoms with van der Waals surface area (Å²) in [5.41, 5.74) is 4.25. The van der Waals surface area contributed by atoms with Crippen LogP contribution in [0.15, 0.2) is 48.8 Å². The predicted molar refractivity (Wildman–Crippen MR) is 121 cm³/mol. The van der Waals surface area contributed by atoms with Crippen LogP contribution >= 0.6 is 0 Å². The third-order valence-electron chi connectivity index (χ3n) is 5.85. The smallest absolute Gasteiger partial charge is 0.228 e. The van der Waals surface area contributed by atoms with Gasteiger partial charge in [-0.1, -0.05) is 12.1 Å². The van der Waals surface area contributed by atoms with E-state index in [0.717, 1.165) is 28.7 Å². The summed E-state index contributed by atoms with van der Waals surface area (Å²) >= 11 is 0. The highest BCUT2D eigenvalue weighted by molar-refractivity contribution is 5.96. The number of H-pyrrole nitrogens is 1. The fourth-order valence-corrected chi connectivity index (χ4v) is 4.06. The Kier molecular flexibility index (Phi) is 5.25. The van der Waals surface area contributed by atoms with Crippen LogP contribution < -0.4 is 14.8 Å². The maximum Gasteiger partial charge on any atom is 0.228 e. The van der Waals surface area contributed by atoms with E-state index in [2.05, 4.69) is 31.0 Å². The van der Waals surface area contributed by atoms with Crippen LogP contribution in [0.1, 0.15) is 17.9 Å². The van der Waals surface area contributed by atoms with Crippen LogP contribution in [0.4, 0.5) is 5.69 Å². The van der Waals surface area contributed by atoms with E-state index in [4.69, 9.17) is 9.47 Å². The summed E-state index contributed by atoms with van der Waals surface area (Å²) in [7, 11) is 5.07. The van der Waals surface area contributed by atoms with Crippen LogP contribution in [0.5, 0.6) is 11.5 Å². The molecule has 0 bridgehead atoms. The molecular formula is C23H23N7O3. The average Bonchev–Trinajstić information content (AvgIpc) is 3.22. The summed E-state index contributed by atoms with van der Waals surface area (Å²) in [6, 6.07) is 11.3. The van der Waals surface area contributed by atoms with Gasteiger partial charge in [0.15, 0.2) is 11.5 Å². The molecule has 0 radical (unpaired) electrons. The molecule has 5 rings (SSSR count). The number of carbonyl (C=O) groups excluding carboxylic acids is 1. The number of hydrogen-bond acceptors (Lipinski definition) is 7. The Bertz CT molecular complexity index is 1300. The number of aromatic nitrogens is 6. The second-order valence-electron chi connectivity index (χ2n) is 7.95. The summed E-state index contributed by atoms with van der Waals surface area (Å²) in [4.78, 5) is 12.9. The zero-order valence-corrected chi connectivity index (χ0v) is 18.4. The molecule has 168 valence electrons. The first-order valence-electron chi connectivity index (χ1n) is 10.5. The maximum absolute atomic E-state index is 12.9. The molecule has 4 aromatic rings. The van der Waals surface area contributed by atoms with Gasteiger partial charge in [-0.3, -0.25) is 9.48 Å². The van der Waals surface area contributed by atoms with Crippen molar-refractivity contribution in [2.75, 3.05) is 19.5 Å². The molecule has 1 amide bonds. The lowest BCUT2D eigenvalue weighted by atomic mass is 9.98. The lowest BCUT2D eigenvalue weighted by Gasteiger charge is -2.13. The third kappa shape index (κ3) is 4.02. The van der Waals surface area contributed by atoms with Gasteiger partial charge in [0.25, 0.3) is 0 Å². The molecule has 2 aromatic carbocycles. The monoisotopic (exact) mass is 445 g/mol. The van der Waals surface area contributed by atoms with Crippen molar-refractivity contribution in [2.24, 2.45) is 13.0 Å². The number of carbonyl (C=O) groups is 1. The van der Waals surface area contributed by atoms with E-state index < -0.39 is 0 Å². The van der Waals surface area contributed by atoms with Crippen molar-refractivity contribution in [3.63, 3.8) is 0 Å². The van der Waals surface area contributed by atoms with Crippen molar-refractivity contribution in [3.05, 3.63) is 54.4 Å². The van der Waals surface area contributed by atoms with Crippen molar-refractivity contribution in [2.45, 2.75) is 12.3 Å². The Balaban J connectivity index is 1.43. The van der Waals surface area contributed by atoms with E-state index in [9.17, 15) is 4.79 Å². The molecule has 2 aromatic heterocycles. The normalized spacial score (nSPS) is 16.9. The summed E-state index contributed by atoms with van der Waals surface area (Å²) < 4.78 is 12.6. The van der Waals surface area contributed by atoms with Crippen molar-refractivity contribution in [3.8, 4) is 34.0 Å². The zero-order chi connectivity index (χ0) is 22.9. The molecule has 1 aliphatic rings. The number of aromatic amines is 1. The van der Waals surface area contributed by atoms with Crippen LogP contribution in [-0.4, -0.2) is 50.5 Å².